The molecule has 0 fully saturated rings. The van der Waals surface area contributed by atoms with E-state index >= 15 is 0 Å². The van der Waals surface area contributed by atoms with Gasteiger partial charge in [-0.2, -0.15) is 18.2 Å². The third kappa shape index (κ3) is 4.68. The first-order chi connectivity index (χ1) is 11.4. The van der Waals surface area contributed by atoms with Crippen LogP contribution in [0.2, 0.25) is 0 Å². The summed E-state index contributed by atoms with van der Waals surface area (Å²) in [6, 6.07) is 6.46. The average Bonchev–Trinajstić information content (AvgIpc) is 2.97. The van der Waals surface area contributed by atoms with Crippen LogP contribution in [-0.4, -0.2) is 56.2 Å². The van der Waals surface area contributed by atoms with Crippen molar-refractivity contribution >= 4 is 51.8 Å². The first-order valence-electron chi connectivity index (χ1n) is 6.81. The first kappa shape index (κ1) is 20.1. The number of nitrogens with zero attached hydrogens (tertiary/aromatic N) is 2. The van der Waals surface area contributed by atoms with E-state index in [0.29, 0.717) is 17.0 Å². The van der Waals surface area contributed by atoms with Crippen LogP contribution < -0.4 is 4.74 Å². The molecule has 1 radical (unpaired) electrons. The van der Waals surface area contributed by atoms with Crippen molar-refractivity contribution in [3.8, 4) is 5.75 Å². The van der Waals surface area contributed by atoms with E-state index in [0.717, 1.165) is 12.1 Å². The van der Waals surface area contributed by atoms with E-state index in [9.17, 15) is 17.7 Å². The Morgan fingerprint density at radius 3 is 2.68 bits per heavy atom. The van der Waals surface area contributed by atoms with Crippen LogP contribution in [0.5, 0.6) is 5.75 Å². The molecule has 3 rings (SSSR count). The number of halogens is 3. The number of aromatic nitrogens is 3. The number of rotatable bonds is 4. The maximum atomic E-state index is 12.7. The Balaban J connectivity index is 0.00000225. The number of nitrogens with one attached hydrogen (secondary N) is 1. The molecule has 0 saturated carbocycles. The molecule has 127 valence electrons. The number of imidazole rings is 1. The molecule has 0 aliphatic heterocycles. The standard InChI is InChI=1S/C15H12F3N3O2S.Na/c1-23-11-4-5-19-10(7-11)8-24(22)14-20-12-3-2-9(15(16,17)18)6-13(12)21-14;/h2-7H,8H2,1H3,(H,20,21);. The van der Waals surface area contributed by atoms with Gasteiger partial charge >= 0.3 is 11.3 Å². The van der Waals surface area contributed by atoms with Gasteiger partial charge in [-0.25, -0.2) is 0 Å². The summed E-state index contributed by atoms with van der Waals surface area (Å²) in [5, 5.41) is 0.106. The van der Waals surface area contributed by atoms with Crippen molar-refractivity contribution in [1.82, 2.24) is 15.0 Å². The first-order valence-corrected chi connectivity index (χ1v) is 8.13. The second kappa shape index (κ2) is 7.96. The minimum atomic E-state index is -4.45. The zero-order valence-electron chi connectivity index (χ0n) is 13.4. The molecule has 0 saturated heterocycles. The molecule has 1 unspecified atom stereocenters. The van der Waals surface area contributed by atoms with Crippen molar-refractivity contribution in [1.29, 1.82) is 0 Å². The quantitative estimate of drug-likeness (QED) is 0.560. The van der Waals surface area contributed by atoms with Gasteiger partial charge in [0.1, 0.15) is 5.75 Å². The van der Waals surface area contributed by atoms with Crippen LogP contribution in [0.1, 0.15) is 11.3 Å². The van der Waals surface area contributed by atoms with E-state index in [2.05, 4.69) is 15.0 Å². The van der Waals surface area contributed by atoms with Gasteiger partial charge < -0.3 is 9.29 Å². The zero-order chi connectivity index (χ0) is 17.3. The Morgan fingerprint density at radius 2 is 2.00 bits per heavy atom. The van der Waals surface area contributed by atoms with E-state index in [4.69, 9.17) is 4.74 Å². The van der Waals surface area contributed by atoms with E-state index < -0.39 is 22.9 Å². The Bertz CT molecular complexity index is 873. The minimum Gasteiger partial charge on any atom is -0.609 e. The predicted octanol–water partition coefficient (Wildman–Crippen LogP) is 2.91. The number of ether oxygens (including phenoxy) is 1. The molecule has 1 aromatic carbocycles. The predicted molar refractivity (Wildman–Crippen MR) is 87.8 cm³/mol. The smallest absolute Gasteiger partial charge is 0.416 e. The number of H-pyrrole nitrogens is 1. The third-order valence-electron chi connectivity index (χ3n) is 3.31. The molecule has 5 nitrogen and oxygen atoms in total. The van der Waals surface area contributed by atoms with Crippen molar-refractivity contribution in [2.75, 3.05) is 7.11 Å². The summed E-state index contributed by atoms with van der Waals surface area (Å²) in [6.07, 6.45) is -2.92. The second-order valence-corrected chi connectivity index (χ2v) is 6.31. The normalized spacial score (nSPS) is 12.7. The number of hydrogen-bond donors (Lipinski definition) is 1. The summed E-state index contributed by atoms with van der Waals surface area (Å²) in [6.45, 7) is 0. The molecular weight excluding hydrogens is 366 g/mol. The van der Waals surface area contributed by atoms with Crippen molar-refractivity contribution in [3.63, 3.8) is 0 Å². The van der Waals surface area contributed by atoms with Crippen LogP contribution in [0.3, 0.4) is 0 Å². The molecule has 2 heterocycles. The van der Waals surface area contributed by atoms with Crippen LogP contribution in [0.4, 0.5) is 13.2 Å². The summed E-state index contributed by atoms with van der Waals surface area (Å²) < 4.78 is 55.6. The monoisotopic (exact) mass is 378 g/mol. The Kier molecular flexibility index (Phi) is 6.39. The fourth-order valence-electron chi connectivity index (χ4n) is 2.13. The molecule has 1 N–H and O–H groups in total. The largest absolute Gasteiger partial charge is 0.609 e. The van der Waals surface area contributed by atoms with Crippen molar-refractivity contribution in [2.24, 2.45) is 0 Å². The van der Waals surface area contributed by atoms with Gasteiger partial charge in [0, 0.05) is 53.0 Å². The summed E-state index contributed by atoms with van der Waals surface area (Å²) in [4.78, 5) is 10.9. The fraction of sp³-hybridized carbons (Fsp3) is 0.200. The van der Waals surface area contributed by atoms with E-state index in [1.807, 2.05) is 0 Å². The number of benzene rings is 1. The molecule has 10 heteroatoms. The van der Waals surface area contributed by atoms with Crippen molar-refractivity contribution in [3.05, 3.63) is 47.8 Å². The van der Waals surface area contributed by atoms with E-state index in [1.165, 1.54) is 19.4 Å². The topological polar surface area (TPSA) is 73.9 Å². The maximum absolute atomic E-state index is 12.7. The molecule has 1 atom stereocenters. The molecule has 0 aliphatic rings. The SMILES string of the molecule is COc1ccnc(C[S+]([O-])c2nc3cc(C(F)(F)F)ccc3[nH]2)c1.[Na]. The van der Waals surface area contributed by atoms with E-state index in [1.54, 1.807) is 12.1 Å². The average molecular weight is 378 g/mol. The van der Waals surface area contributed by atoms with Gasteiger partial charge in [-0.15, -0.1) is 0 Å². The van der Waals surface area contributed by atoms with Gasteiger partial charge in [-0.1, -0.05) is 0 Å². The van der Waals surface area contributed by atoms with Gasteiger partial charge in [0.15, 0.2) is 5.75 Å². The third-order valence-corrected chi connectivity index (χ3v) is 4.49. The summed E-state index contributed by atoms with van der Waals surface area (Å²) >= 11 is -1.57. The van der Waals surface area contributed by atoms with Crippen LogP contribution in [-0.2, 0) is 23.1 Å². The summed E-state index contributed by atoms with van der Waals surface area (Å²) in [5.74, 6) is 0.653. The maximum Gasteiger partial charge on any atom is 0.416 e. The number of pyridine rings is 1. The molecule has 0 bridgehead atoms. The van der Waals surface area contributed by atoms with Gasteiger partial charge in [0.25, 0.3) is 0 Å². The second-order valence-electron chi connectivity index (χ2n) is 4.95. The van der Waals surface area contributed by atoms with Gasteiger partial charge in [-0.05, 0) is 24.3 Å². The number of hydrogen-bond acceptors (Lipinski definition) is 4. The number of methoxy groups -OCH3 is 1. The van der Waals surface area contributed by atoms with E-state index in [-0.39, 0.29) is 46.0 Å². The summed E-state index contributed by atoms with van der Waals surface area (Å²) in [7, 11) is 1.51. The van der Waals surface area contributed by atoms with Crippen molar-refractivity contribution in [2.45, 2.75) is 17.1 Å². The van der Waals surface area contributed by atoms with Crippen molar-refractivity contribution < 1.29 is 22.5 Å². The Labute approximate surface area is 166 Å². The fourth-order valence-corrected chi connectivity index (χ4v) is 3.12. The molecule has 0 spiro atoms. The molecule has 0 aliphatic carbocycles. The number of aromatic amines is 1. The van der Waals surface area contributed by atoms with Crippen LogP contribution in [0, 0.1) is 0 Å². The molecular formula is C15H12F3N3NaO2S. The van der Waals surface area contributed by atoms with Gasteiger partial charge in [-0.3, -0.25) is 9.97 Å². The van der Waals surface area contributed by atoms with Gasteiger partial charge in [0.05, 0.1) is 29.4 Å². The molecule has 3 aromatic rings. The minimum absolute atomic E-state index is 0. The van der Waals surface area contributed by atoms with Crippen LogP contribution >= 0.6 is 0 Å². The molecule has 0 amide bonds. The summed E-state index contributed by atoms with van der Waals surface area (Å²) in [5.41, 5.74) is 0.245. The number of fused-ring (bicyclic) bond motifs is 1. The zero-order valence-corrected chi connectivity index (χ0v) is 16.2. The Morgan fingerprint density at radius 1 is 1.24 bits per heavy atom. The van der Waals surface area contributed by atoms with Gasteiger partial charge in [0.2, 0.25) is 0 Å². The van der Waals surface area contributed by atoms with Crippen LogP contribution in [0.15, 0.2) is 41.7 Å². The Hall–Kier alpha value is -1.26. The van der Waals surface area contributed by atoms with Crippen LogP contribution in [0.25, 0.3) is 11.0 Å². The molecule has 2 aromatic heterocycles. The molecule has 25 heavy (non-hydrogen) atoms. The number of alkyl halides is 3.